The highest BCUT2D eigenvalue weighted by molar-refractivity contribution is 9.10. The molecule has 84 valence electrons. The molecule has 2 rings (SSSR count). The van der Waals surface area contributed by atoms with E-state index in [1.54, 1.807) is 0 Å². The number of nitrogens with zero attached hydrogens (tertiary/aromatic N) is 2. The Kier molecular flexibility index (Phi) is 3.20. The lowest BCUT2D eigenvalue weighted by Gasteiger charge is -2.20. The van der Waals surface area contributed by atoms with Gasteiger partial charge in [-0.3, -0.25) is 0 Å². The van der Waals surface area contributed by atoms with Crippen LogP contribution in [0.25, 0.3) is 0 Å². The first kappa shape index (κ1) is 11.5. The molecule has 0 saturated heterocycles. The van der Waals surface area contributed by atoms with Gasteiger partial charge in [0.1, 0.15) is 6.07 Å². The second-order valence-corrected chi connectivity index (χ2v) is 5.54. The summed E-state index contributed by atoms with van der Waals surface area (Å²) in [5.41, 5.74) is 1.77. The number of halogens is 1. The molecule has 0 bridgehead atoms. The largest absolute Gasteiger partial charge is 0.373 e. The Morgan fingerprint density at radius 1 is 1.56 bits per heavy atom. The van der Waals surface area contributed by atoms with E-state index >= 15 is 0 Å². The highest BCUT2D eigenvalue weighted by atomic mass is 79.9. The van der Waals surface area contributed by atoms with Gasteiger partial charge in [0.15, 0.2) is 0 Å². The summed E-state index contributed by atoms with van der Waals surface area (Å²) < 4.78 is 0.959. The molecule has 1 aromatic carbocycles. The lowest BCUT2D eigenvalue weighted by atomic mass is 10.1. The second kappa shape index (κ2) is 4.47. The summed E-state index contributed by atoms with van der Waals surface area (Å²) in [5.74, 6) is 1.66. The van der Waals surface area contributed by atoms with E-state index in [2.05, 4.69) is 40.9 Å². The van der Waals surface area contributed by atoms with Crippen LogP contribution in [0.3, 0.4) is 0 Å². The van der Waals surface area contributed by atoms with E-state index in [1.807, 2.05) is 18.2 Å². The van der Waals surface area contributed by atoms with Crippen LogP contribution in [0.1, 0.15) is 18.9 Å². The van der Waals surface area contributed by atoms with Crippen LogP contribution in [0, 0.1) is 23.2 Å². The lowest BCUT2D eigenvalue weighted by Crippen LogP contribution is -2.21. The predicted octanol–water partition coefficient (Wildman–Crippen LogP) is 3.41. The van der Waals surface area contributed by atoms with Crippen molar-refractivity contribution in [3.8, 4) is 6.07 Å². The molecule has 3 heteroatoms. The Balaban J connectivity index is 2.16. The van der Waals surface area contributed by atoms with E-state index in [-0.39, 0.29) is 0 Å². The molecule has 1 aliphatic rings. The van der Waals surface area contributed by atoms with Crippen LogP contribution >= 0.6 is 15.9 Å². The SMILES string of the molecule is CC1CC1CN(C)c1ccc(Br)cc1C#N. The molecule has 2 unspecified atom stereocenters. The standard InChI is InChI=1S/C13H15BrN2/c1-9-5-11(9)8-16(2)13-4-3-12(14)6-10(13)7-15/h3-4,6,9,11H,5,8H2,1-2H3. The Morgan fingerprint density at radius 2 is 2.25 bits per heavy atom. The number of hydrogen-bond acceptors (Lipinski definition) is 2. The zero-order valence-corrected chi connectivity index (χ0v) is 11.2. The van der Waals surface area contributed by atoms with Gasteiger partial charge < -0.3 is 4.90 Å². The van der Waals surface area contributed by atoms with Crippen molar-refractivity contribution in [1.29, 1.82) is 5.26 Å². The van der Waals surface area contributed by atoms with Crippen molar-refractivity contribution >= 4 is 21.6 Å². The van der Waals surface area contributed by atoms with Crippen molar-refractivity contribution in [2.45, 2.75) is 13.3 Å². The number of anilines is 1. The Hall–Kier alpha value is -1.01. The number of hydrogen-bond donors (Lipinski definition) is 0. The number of rotatable bonds is 3. The quantitative estimate of drug-likeness (QED) is 0.847. The van der Waals surface area contributed by atoms with Crippen molar-refractivity contribution in [1.82, 2.24) is 0 Å². The Morgan fingerprint density at radius 3 is 2.81 bits per heavy atom. The van der Waals surface area contributed by atoms with Gasteiger partial charge in [0.2, 0.25) is 0 Å². The lowest BCUT2D eigenvalue weighted by molar-refractivity contribution is 0.725. The van der Waals surface area contributed by atoms with Crippen LogP contribution < -0.4 is 4.90 Å². The molecule has 16 heavy (non-hydrogen) atoms. The fraction of sp³-hybridized carbons (Fsp3) is 0.462. The average molecular weight is 279 g/mol. The number of nitriles is 1. The predicted molar refractivity (Wildman–Crippen MR) is 69.4 cm³/mol. The van der Waals surface area contributed by atoms with Crippen LogP contribution in [0.2, 0.25) is 0 Å². The Bertz CT molecular complexity index is 436. The van der Waals surface area contributed by atoms with E-state index in [4.69, 9.17) is 5.26 Å². The van der Waals surface area contributed by atoms with Crippen molar-refractivity contribution < 1.29 is 0 Å². The molecule has 1 fully saturated rings. The third-order valence-corrected chi connectivity index (χ3v) is 3.77. The first-order chi connectivity index (χ1) is 7.61. The van der Waals surface area contributed by atoms with Crippen molar-refractivity contribution in [3.63, 3.8) is 0 Å². The van der Waals surface area contributed by atoms with E-state index in [0.717, 1.165) is 34.1 Å². The molecule has 0 radical (unpaired) electrons. The maximum atomic E-state index is 9.10. The molecular weight excluding hydrogens is 264 g/mol. The fourth-order valence-electron chi connectivity index (χ4n) is 2.03. The normalized spacial score (nSPS) is 22.6. The summed E-state index contributed by atoms with van der Waals surface area (Å²) in [6.45, 7) is 3.34. The van der Waals surface area contributed by atoms with E-state index in [1.165, 1.54) is 6.42 Å². The van der Waals surface area contributed by atoms with Crippen LogP contribution in [-0.4, -0.2) is 13.6 Å². The van der Waals surface area contributed by atoms with Gasteiger partial charge >= 0.3 is 0 Å². The molecule has 0 heterocycles. The van der Waals surface area contributed by atoms with E-state index < -0.39 is 0 Å². The molecule has 1 saturated carbocycles. The highest BCUT2D eigenvalue weighted by Gasteiger charge is 2.33. The third-order valence-electron chi connectivity index (χ3n) is 3.27. The van der Waals surface area contributed by atoms with Gasteiger partial charge in [-0.05, 0) is 36.5 Å². The van der Waals surface area contributed by atoms with E-state index in [9.17, 15) is 0 Å². The maximum Gasteiger partial charge on any atom is 0.101 e. The molecule has 0 aliphatic heterocycles. The molecule has 2 atom stereocenters. The first-order valence-electron chi connectivity index (χ1n) is 5.52. The zero-order valence-electron chi connectivity index (χ0n) is 9.57. The topological polar surface area (TPSA) is 27.0 Å². The third kappa shape index (κ3) is 2.38. The summed E-state index contributed by atoms with van der Waals surface area (Å²) in [5, 5.41) is 9.10. The van der Waals surface area contributed by atoms with Crippen molar-refractivity contribution in [2.75, 3.05) is 18.5 Å². The second-order valence-electron chi connectivity index (χ2n) is 4.63. The summed E-state index contributed by atoms with van der Waals surface area (Å²) in [4.78, 5) is 2.19. The van der Waals surface area contributed by atoms with Gasteiger partial charge in [-0.1, -0.05) is 22.9 Å². The average Bonchev–Trinajstić information content (AvgIpc) is 2.93. The van der Waals surface area contributed by atoms with Crippen LogP contribution in [0.4, 0.5) is 5.69 Å². The molecular formula is C13H15BrN2. The van der Waals surface area contributed by atoms with Gasteiger partial charge in [-0.25, -0.2) is 0 Å². The fourth-order valence-corrected chi connectivity index (χ4v) is 2.40. The molecule has 0 aromatic heterocycles. The molecule has 2 nitrogen and oxygen atoms in total. The first-order valence-corrected chi connectivity index (χ1v) is 6.32. The summed E-state index contributed by atoms with van der Waals surface area (Å²) in [7, 11) is 2.06. The van der Waals surface area contributed by atoms with Crippen LogP contribution in [0.15, 0.2) is 22.7 Å². The zero-order chi connectivity index (χ0) is 11.7. The van der Waals surface area contributed by atoms with Gasteiger partial charge in [-0.15, -0.1) is 0 Å². The maximum absolute atomic E-state index is 9.10. The van der Waals surface area contributed by atoms with Crippen LogP contribution in [-0.2, 0) is 0 Å². The highest BCUT2D eigenvalue weighted by Crippen LogP contribution is 2.39. The van der Waals surface area contributed by atoms with Gasteiger partial charge in [0.05, 0.1) is 11.3 Å². The molecule has 0 spiro atoms. The van der Waals surface area contributed by atoms with E-state index in [0.29, 0.717) is 0 Å². The monoisotopic (exact) mass is 278 g/mol. The summed E-state index contributed by atoms with van der Waals surface area (Å²) in [6.07, 6.45) is 1.32. The van der Waals surface area contributed by atoms with Gasteiger partial charge in [0, 0.05) is 18.1 Å². The number of benzene rings is 1. The van der Waals surface area contributed by atoms with Crippen LogP contribution in [0.5, 0.6) is 0 Å². The minimum atomic E-state index is 0.741. The van der Waals surface area contributed by atoms with Crippen molar-refractivity contribution in [3.05, 3.63) is 28.2 Å². The minimum absolute atomic E-state index is 0.741. The Labute approximate surface area is 105 Å². The molecule has 0 amide bonds. The summed E-state index contributed by atoms with van der Waals surface area (Å²) >= 11 is 3.39. The molecule has 1 aliphatic carbocycles. The van der Waals surface area contributed by atoms with Crippen molar-refractivity contribution in [2.24, 2.45) is 11.8 Å². The smallest absolute Gasteiger partial charge is 0.101 e. The minimum Gasteiger partial charge on any atom is -0.373 e. The summed E-state index contributed by atoms with van der Waals surface area (Å²) in [6, 6.07) is 8.13. The molecule has 1 aromatic rings. The van der Waals surface area contributed by atoms with Gasteiger partial charge in [-0.2, -0.15) is 5.26 Å². The molecule has 0 N–H and O–H groups in total. The van der Waals surface area contributed by atoms with Gasteiger partial charge in [0.25, 0.3) is 0 Å².